The quantitative estimate of drug-likeness (QED) is 0.390. The molecular formula is C9H19N3O3. The Morgan fingerprint density at radius 3 is 2.53 bits per heavy atom. The molecule has 6 heteroatoms. The number of carboxylic acids is 1. The number of carboxylic acid groups (broad SMARTS) is 1. The molecule has 0 rings (SSSR count). The molecule has 6 N–H and O–H groups in total. The second kappa shape index (κ2) is 8.19. The highest BCUT2D eigenvalue weighted by Gasteiger charge is 2.11. The lowest BCUT2D eigenvalue weighted by molar-refractivity contribution is -0.137. The Morgan fingerprint density at radius 1 is 1.33 bits per heavy atom. The van der Waals surface area contributed by atoms with E-state index in [1.54, 1.807) is 0 Å². The smallest absolute Gasteiger partial charge is 0.303 e. The molecule has 0 aromatic rings. The Morgan fingerprint density at radius 2 is 2.00 bits per heavy atom. The number of nitrogens with one attached hydrogen (secondary N) is 1. The zero-order valence-corrected chi connectivity index (χ0v) is 8.74. The Balaban J connectivity index is 3.51. The molecule has 0 aliphatic rings. The molecule has 0 heterocycles. The van der Waals surface area contributed by atoms with Gasteiger partial charge in [-0.1, -0.05) is 0 Å². The molecule has 0 saturated heterocycles. The number of nitrogens with two attached hydrogens (primary N) is 2. The monoisotopic (exact) mass is 217 g/mol. The molecule has 0 saturated carbocycles. The maximum Gasteiger partial charge on any atom is 0.303 e. The van der Waals surface area contributed by atoms with Gasteiger partial charge in [-0.25, -0.2) is 0 Å². The zero-order valence-electron chi connectivity index (χ0n) is 8.74. The largest absolute Gasteiger partial charge is 0.481 e. The summed E-state index contributed by atoms with van der Waals surface area (Å²) in [6, 6.07) is -0.543. The van der Waals surface area contributed by atoms with Crippen molar-refractivity contribution >= 4 is 11.9 Å². The SMILES string of the molecule is NCCCC(N)C(=O)NCCCC(=O)O. The number of aliphatic carboxylic acids is 1. The summed E-state index contributed by atoms with van der Waals surface area (Å²) in [5, 5.41) is 10.9. The number of hydrogen-bond donors (Lipinski definition) is 4. The Bertz CT molecular complexity index is 209. The van der Waals surface area contributed by atoms with Crippen molar-refractivity contribution in [1.82, 2.24) is 5.32 Å². The van der Waals surface area contributed by atoms with Crippen molar-refractivity contribution in [3.05, 3.63) is 0 Å². The molecular weight excluding hydrogens is 198 g/mol. The van der Waals surface area contributed by atoms with Crippen molar-refractivity contribution in [2.75, 3.05) is 13.1 Å². The maximum absolute atomic E-state index is 11.3. The van der Waals surface area contributed by atoms with Crippen molar-refractivity contribution in [2.45, 2.75) is 31.7 Å². The van der Waals surface area contributed by atoms with Gasteiger partial charge in [0.05, 0.1) is 6.04 Å². The minimum absolute atomic E-state index is 0.0539. The lowest BCUT2D eigenvalue weighted by Gasteiger charge is -2.10. The number of hydrogen-bond acceptors (Lipinski definition) is 4. The first-order chi connectivity index (χ1) is 7.07. The van der Waals surface area contributed by atoms with Crippen molar-refractivity contribution in [2.24, 2.45) is 11.5 Å². The van der Waals surface area contributed by atoms with Gasteiger partial charge in [0.1, 0.15) is 0 Å². The first-order valence-electron chi connectivity index (χ1n) is 5.03. The van der Waals surface area contributed by atoms with E-state index in [0.29, 0.717) is 32.4 Å². The second-order valence-electron chi connectivity index (χ2n) is 3.33. The van der Waals surface area contributed by atoms with E-state index in [0.717, 1.165) is 0 Å². The van der Waals surface area contributed by atoms with Crippen molar-refractivity contribution in [3.63, 3.8) is 0 Å². The van der Waals surface area contributed by atoms with Gasteiger partial charge in [-0.3, -0.25) is 9.59 Å². The third kappa shape index (κ3) is 7.90. The van der Waals surface area contributed by atoms with Gasteiger partial charge in [0.25, 0.3) is 0 Å². The third-order valence-electron chi connectivity index (χ3n) is 1.92. The van der Waals surface area contributed by atoms with Crippen LogP contribution in [-0.2, 0) is 9.59 Å². The minimum atomic E-state index is -0.864. The topological polar surface area (TPSA) is 118 Å². The number of rotatable bonds is 8. The second-order valence-corrected chi connectivity index (χ2v) is 3.33. The summed E-state index contributed by atoms with van der Waals surface area (Å²) in [4.78, 5) is 21.4. The van der Waals surface area contributed by atoms with Crippen molar-refractivity contribution in [3.8, 4) is 0 Å². The lowest BCUT2D eigenvalue weighted by atomic mass is 10.1. The summed E-state index contributed by atoms with van der Waals surface area (Å²) in [5.74, 6) is -1.11. The first kappa shape index (κ1) is 13.9. The van der Waals surface area contributed by atoms with E-state index >= 15 is 0 Å². The van der Waals surface area contributed by atoms with Crippen molar-refractivity contribution in [1.29, 1.82) is 0 Å². The van der Waals surface area contributed by atoms with E-state index in [2.05, 4.69) is 5.32 Å². The summed E-state index contributed by atoms with van der Waals surface area (Å²) in [6.07, 6.45) is 1.74. The van der Waals surface area contributed by atoms with E-state index in [4.69, 9.17) is 16.6 Å². The zero-order chi connectivity index (χ0) is 11.7. The molecule has 0 aromatic carbocycles. The van der Waals surface area contributed by atoms with Crippen LogP contribution >= 0.6 is 0 Å². The van der Waals surface area contributed by atoms with Crippen LogP contribution in [0.2, 0.25) is 0 Å². The van der Waals surface area contributed by atoms with Gasteiger partial charge in [-0.2, -0.15) is 0 Å². The molecule has 0 aromatic heterocycles. The average Bonchev–Trinajstić information content (AvgIpc) is 2.20. The summed E-state index contributed by atoms with van der Waals surface area (Å²) >= 11 is 0. The highest BCUT2D eigenvalue weighted by atomic mass is 16.4. The standard InChI is InChI=1S/C9H19N3O3/c10-5-1-3-7(11)9(15)12-6-2-4-8(13)14/h7H,1-6,10-11H2,(H,12,15)(H,13,14). The van der Waals surface area contributed by atoms with Gasteiger partial charge in [-0.05, 0) is 25.8 Å². The van der Waals surface area contributed by atoms with Crippen LogP contribution in [0.15, 0.2) is 0 Å². The van der Waals surface area contributed by atoms with E-state index < -0.39 is 12.0 Å². The Labute approximate surface area is 89.0 Å². The van der Waals surface area contributed by atoms with Crippen LogP contribution in [0.4, 0.5) is 0 Å². The fraction of sp³-hybridized carbons (Fsp3) is 0.778. The highest BCUT2D eigenvalue weighted by molar-refractivity contribution is 5.81. The van der Waals surface area contributed by atoms with Gasteiger partial charge in [0.15, 0.2) is 0 Å². The van der Waals surface area contributed by atoms with E-state index in [1.165, 1.54) is 0 Å². The molecule has 0 fully saturated rings. The van der Waals surface area contributed by atoms with Crippen molar-refractivity contribution < 1.29 is 14.7 Å². The molecule has 0 radical (unpaired) electrons. The van der Waals surface area contributed by atoms with Crippen LogP contribution in [0, 0.1) is 0 Å². The molecule has 0 spiro atoms. The van der Waals surface area contributed by atoms with Crippen LogP contribution < -0.4 is 16.8 Å². The van der Waals surface area contributed by atoms with Crippen LogP contribution in [-0.4, -0.2) is 36.1 Å². The third-order valence-corrected chi connectivity index (χ3v) is 1.92. The van der Waals surface area contributed by atoms with Crippen LogP contribution in [0.25, 0.3) is 0 Å². The average molecular weight is 217 g/mol. The molecule has 1 atom stereocenters. The van der Waals surface area contributed by atoms with Crippen LogP contribution in [0.5, 0.6) is 0 Å². The highest BCUT2D eigenvalue weighted by Crippen LogP contribution is 1.93. The summed E-state index contributed by atoms with van der Waals surface area (Å²) in [5.41, 5.74) is 10.8. The number of carbonyl (C=O) groups excluding carboxylic acids is 1. The Hall–Kier alpha value is -1.14. The molecule has 0 aliphatic heterocycles. The fourth-order valence-corrected chi connectivity index (χ4v) is 1.05. The Kier molecular flexibility index (Phi) is 7.57. The predicted molar refractivity (Wildman–Crippen MR) is 56.1 cm³/mol. The molecule has 0 bridgehead atoms. The maximum atomic E-state index is 11.3. The van der Waals surface area contributed by atoms with E-state index in [1.807, 2.05) is 0 Å². The summed E-state index contributed by atoms with van der Waals surface area (Å²) < 4.78 is 0. The number of amides is 1. The first-order valence-corrected chi connectivity index (χ1v) is 5.03. The predicted octanol–water partition coefficient (Wildman–Crippen LogP) is -0.966. The summed E-state index contributed by atoms with van der Waals surface area (Å²) in [7, 11) is 0. The van der Waals surface area contributed by atoms with E-state index in [-0.39, 0.29) is 12.3 Å². The fourth-order valence-electron chi connectivity index (χ4n) is 1.05. The van der Waals surface area contributed by atoms with Gasteiger partial charge in [-0.15, -0.1) is 0 Å². The van der Waals surface area contributed by atoms with Gasteiger partial charge >= 0.3 is 5.97 Å². The van der Waals surface area contributed by atoms with Gasteiger partial charge < -0.3 is 21.9 Å². The molecule has 1 amide bonds. The lowest BCUT2D eigenvalue weighted by Crippen LogP contribution is -2.41. The normalized spacial score (nSPS) is 12.1. The molecule has 0 aliphatic carbocycles. The molecule has 1 unspecified atom stereocenters. The minimum Gasteiger partial charge on any atom is -0.481 e. The molecule has 6 nitrogen and oxygen atoms in total. The van der Waals surface area contributed by atoms with Crippen LogP contribution in [0.1, 0.15) is 25.7 Å². The van der Waals surface area contributed by atoms with Gasteiger partial charge in [0, 0.05) is 13.0 Å². The number of carbonyl (C=O) groups is 2. The molecule has 15 heavy (non-hydrogen) atoms. The van der Waals surface area contributed by atoms with Crippen LogP contribution in [0.3, 0.4) is 0 Å². The summed E-state index contributed by atoms with van der Waals surface area (Å²) in [6.45, 7) is 0.863. The molecule has 88 valence electrons. The van der Waals surface area contributed by atoms with Gasteiger partial charge in [0.2, 0.25) is 5.91 Å². The van der Waals surface area contributed by atoms with E-state index in [9.17, 15) is 9.59 Å².